The predicted octanol–water partition coefficient (Wildman–Crippen LogP) is 4.29. The molecule has 2 heterocycles. The van der Waals surface area contributed by atoms with Crippen LogP contribution < -0.4 is 0 Å². The highest BCUT2D eigenvalue weighted by Gasteiger charge is 2.17. The Morgan fingerprint density at radius 3 is 1.54 bits per heavy atom. The van der Waals surface area contributed by atoms with Gasteiger partial charge in [0.15, 0.2) is 0 Å². The summed E-state index contributed by atoms with van der Waals surface area (Å²) in [5.41, 5.74) is 7.44. The second kappa shape index (κ2) is 6.83. The molecular weight excluding hydrogens is 296 g/mol. The molecular formula is C21H22N2O. The molecule has 0 aliphatic heterocycles. The molecule has 3 aromatic rings. The Labute approximate surface area is 143 Å². The zero-order valence-electron chi connectivity index (χ0n) is 14.4. The number of hydrogen-bond acceptors (Lipinski definition) is 3. The van der Waals surface area contributed by atoms with Crippen molar-refractivity contribution in [3.05, 3.63) is 88.0 Å². The van der Waals surface area contributed by atoms with E-state index in [1.165, 1.54) is 5.56 Å². The second-order valence-electron chi connectivity index (χ2n) is 6.18. The van der Waals surface area contributed by atoms with Gasteiger partial charge in [-0.05, 0) is 72.9 Å². The van der Waals surface area contributed by atoms with Gasteiger partial charge in [-0.25, -0.2) is 0 Å². The van der Waals surface area contributed by atoms with Gasteiger partial charge in [0, 0.05) is 36.6 Å². The number of nitrogens with zero attached hydrogens (tertiary/aromatic N) is 2. The van der Waals surface area contributed by atoms with Crippen molar-refractivity contribution >= 4 is 0 Å². The first-order valence-corrected chi connectivity index (χ1v) is 8.18. The van der Waals surface area contributed by atoms with Gasteiger partial charge in [-0.3, -0.25) is 9.97 Å². The molecule has 0 saturated carbocycles. The maximum atomic E-state index is 10.6. The van der Waals surface area contributed by atoms with Crippen LogP contribution in [0.15, 0.2) is 48.8 Å². The molecule has 0 fully saturated rings. The summed E-state index contributed by atoms with van der Waals surface area (Å²) in [5, 5.41) is 10.6. The molecule has 0 spiro atoms. The number of phenols is 1. The minimum Gasteiger partial charge on any atom is -0.507 e. The van der Waals surface area contributed by atoms with Crippen molar-refractivity contribution in [2.45, 2.75) is 33.6 Å². The van der Waals surface area contributed by atoms with Gasteiger partial charge < -0.3 is 5.11 Å². The number of phenolic OH excluding ortho intramolecular Hbond substituents is 1. The van der Waals surface area contributed by atoms with Gasteiger partial charge in [0.25, 0.3) is 0 Å². The Kier molecular flexibility index (Phi) is 4.61. The van der Waals surface area contributed by atoms with E-state index in [0.717, 1.165) is 46.5 Å². The molecule has 0 bridgehead atoms. The van der Waals surface area contributed by atoms with Crippen LogP contribution in [0.3, 0.4) is 0 Å². The van der Waals surface area contributed by atoms with Crippen molar-refractivity contribution in [2.75, 3.05) is 0 Å². The standard InChI is InChI=1S/C21H22N2O/c1-14-19(12-17-8-4-6-10-22-17)15(2)21(24)16(3)20(14)13-18-9-5-7-11-23-18/h4-11,24H,12-13H2,1-3H3. The highest BCUT2D eigenvalue weighted by atomic mass is 16.3. The van der Waals surface area contributed by atoms with E-state index in [1.54, 1.807) is 0 Å². The first-order chi connectivity index (χ1) is 11.6. The van der Waals surface area contributed by atoms with Crippen LogP contribution in [0.1, 0.15) is 39.2 Å². The van der Waals surface area contributed by atoms with E-state index in [-0.39, 0.29) is 0 Å². The van der Waals surface area contributed by atoms with E-state index < -0.39 is 0 Å². The van der Waals surface area contributed by atoms with Crippen LogP contribution in [0.25, 0.3) is 0 Å². The van der Waals surface area contributed by atoms with Gasteiger partial charge in [-0.1, -0.05) is 12.1 Å². The summed E-state index contributed by atoms with van der Waals surface area (Å²) < 4.78 is 0. The SMILES string of the molecule is Cc1c(O)c(C)c(Cc2ccccn2)c(C)c1Cc1ccccn1. The summed E-state index contributed by atoms with van der Waals surface area (Å²) in [4.78, 5) is 8.86. The minimum atomic E-state index is 0.387. The number of aromatic nitrogens is 2. The van der Waals surface area contributed by atoms with Crippen LogP contribution in [-0.4, -0.2) is 15.1 Å². The molecule has 0 unspecified atom stereocenters. The van der Waals surface area contributed by atoms with Gasteiger partial charge in [0.2, 0.25) is 0 Å². The molecule has 3 rings (SSSR count). The summed E-state index contributed by atoms with van der Waals surface area (Å²) in [7, 11) is 0. The molecule has 122 valence electrons. The number of benzene rings is 1. The molecule has 1 aromatic carbocycles. The summed E-state index contributed by atoms with van der Waals surface area (Å²) in [6, 6.07) is 11.9. The van der Waals surface area contributed by atoms with E-state index in [0.29, 0.717) is 5.75 Å². The Morgan fingerprint density at radius 1 is 0.708 bits per heavy atom. The van der Waals surface area contributed by atoms with Crippen LogP contribution in [-0.2, 0) is 12.8 Å². The topological polar surface area (TPSA) is 46.0 Å². The number of hydrogen-bond donors (Lipinski definition) is 1. The smallest absolute Gasteiger partial charge is 0.121 e. The number of aromatic hydroxyl groups is 1. The molecule has 24 heavy (non-hydrogen) atoms. The summed E-state index contributed by atoms with van der Waals surface area (Å²) in [6.07, 6.45) is 5.06. The van der Waals surface area contributed by atoms with Crippen LogP contribution in [0.4, 0.5) is 0 Å². The van der Waals surface area contributed by atoms with Crippen LogP contribution >= 0.6 is 0 Å². The van der Waals surface area contributed by atoms with Gasteiger partial charge >= 0.3 is 0 Å². The molecule has 0 amide bonds. The van der Waals surface area contributed by atoms with Gasteiger partial charge in [0.1, 0.15) is 5.75 Å². The molecule has 2 aromatic heterocycles. The molecule has 0 atom stereocenters. The fourth-order valence-electron chi connectivity index (χ4n) is 3.21. The number of rotatable bonds is 4. The summed E-state index contributed by atoms with van der Waals surface area (Å²) in [6.45, 7) is 6.10. The maximum absolute atomic E-state index is 10.6. The van der Waals surface area contributed by atoms with Crippen LogP contribution in [0.2, 0.25) is 0 Å². The average Bonchev–Trinajstić information content (AvgIpc) is 2.62. The first-order valence-electron chi connectivity index (χ1n) is 8.18. The van der Waals surface area contributed by atoms with E-state index in [4.69, 9.17) is 0 Å². The lowest BCUT2D eigenvalue weighted by molar-refractivity contribution is 0.464. The molecule has 1 N–H and O–H groups in total. The minimum absolute atomic E-state index is 0.387. The van der Waals surface area contributed by atoms with E-state index in [1.807, 2.05) is 62.6 Å². The first kappa shape index (κ1) is 16.2. The fraction of sp³-hybridized carbons (Fsp3) is 0.238. The van der Waals surface area contributed by atoms with Crippen molar-refractivity contribution in [3.63, 3.8) is 0 Å². The van der Waals surface area contributed by atoms with Crippen molar-refractivity contribution in [2.24, 2.45) is 0 Å². The lowest BCUT2D eigenvalue weighted by atomic mass is 9.88. The highest BCUT2D eigenvalue weighted by Crippen LogP contribution is 2.34. The third-order valence-corrected chi connectivity index (χ3v) is 4.69. The molecule has 0 saturated heterocycles. The largest absolute Gasteiger partial charge is 0.507 e. The lowest BCUT2D eigenvalue weighted by Gasteiger charge is -2.19. The zero-order valence-corrected chi connectivity index (χ0v) is 14.4. The molecule has 3 heteroatoms. The predicted molar refractivity (Wildman–Crippen MR) is 96.4 cm³/mol. The van der Waals surface area contributed by atoms with Crippen molar-refractivity contribution < 1.29 is 5.11 Å². The van der Waals surface area contributed by atoms with Crippen LogP contribution in [0, 0.1) is 20.8 Å². The average molecular weight is 318 g/mol. The summed E-state index contributed by atoms with van der Waals surface area (Å²) >= 11 is 0. The van der Waals surface area contributed by atoms with Crippen LogP contribution in [0.5, 0.6) is 5.75 Å². The lowest BCUT2D eigenvalue weighted by Crippen LogP contribution is -2.06. The normalized spacial score (nSPS) is 10.8. The molecule has 3 nitrogen and oxygen atoms in total. The van der Waals surface area contributed by atoms with Gasteiger partial charge in [-0.2, -0.15) is 0 Å². The van der Waals surface area contributed by atoms with Crippen molar-refractivity contribution in [1.29, 1.82) is 0 Å². The monoisotopic (exact) mass is 318 g/mol. The fourth-order valence-corrected chi connectivity index (χ4v) is 3.21. The van der Waals surface area contributed by atoms with E-state index >= 15 is 0 Å². The summed E-state index contributed by atoms with van der Waals surface area (Å²) in [5.74, 6) is 0.387. The molecule has 0 aliphatic carbocycles. The van der Waals surface area contributed by atoms with Gasteiger partial charge in [-0.15, -0.1) is 0 Å². The third-order valence-electron chi connectivity index (χ3n) is 4.69. The number of pyridine rings is 2. The third kappa shape index (κ3) is 3.16. The van der Waals surface area contributed by atoms with Crippen molar-refractivity contribution in [3.8, 4) is 5.75 Å². The zero-order chi connectivity index (χ0) is 17.1. The Morgan fingerprint density at radius 2 is 1.17 bits per heavy atom. The van der Waals surface area contributed by atoms with E-state index in [9.17, 15) is 5.11 Å². The Balaban J connectivity index is 2.06. The Hall–Kier alpha value is -2.68. The van der Waals surface area contributed by atoms with Crippen molar-refractivity contribution in [1.82, 2.24) is 9.97 Å². The molecule has 0 radical (unpaired) electrons. The van der Waals surface area contributed by atoms with E-state index in [2.05, 4.69) is 16.9 Å². The van der Waals surface area contributed by atoms with Gasteiger partial charge in [0.05, 0.1) is 0 Å². The second-order valence-corrected chi connectivity index (χ2v) is 6.18. The molecule has 0 aliphatic rings. The maximum Gasteiger partial charge on any atom is 0.121 e. The quantitative estimate of drug-likeness (QED) is 0.780. The Bertz CT molecular complexity index is 774. The highest BCUT2D eigenvalue weighted by molar-refractivity contribution is 5.55.